The Morgan fingerprint density at radius 2 is 2.16 bits per heavy atom. The van der Waals surface area contributed by atoms with Crippen molar-refractivity contribution in [3.63, 3.8) is 0 Å². The number of anilines is 1. The predicted molar refractivity (Wildman–Crippen MR) is 74.0 cm³/mol. The van der Waals surface area contributed by atoms with Crippen molar-refractivity contribution in [2.75, 3.05) is 11.9 Å². The average molecular weight is 261 g/mol. The first kappa shape index (κ1) is 13.5. The van der Waals surface area contributed by atoms with Crippen LogP contribution in [0.4, 0.5) is 5.69 Å². The monoisotopic (exact) mass is 261 g/mol. The molecule has 4 N–H and O–H groups in total. The summed E-state index contributed by atoms with van der Waals surface area (Å²) in [7, 11) is 0. The van der Waals surface area contributed by atoms with Crippen LogP contribution in [0.3, 0.4) is 0 Å². The highest BCUT2D eigenvalue weighted by Gasteiger charge is 2.20. The normalized spacial score (nSPS) is 18.9. The Balaban J connectivity index is 2.06. The molecule has 5 nitrogen and oxygen atoms in total. The van der Waals surface area contributed by atoms with Crippen LogP contribution in [0.2, 0.25) is 0 Å². The number of amides is 2. The molecule has 0 aliphatic carbocycles. The third-order valence-electron chi connectivity index (χ3n) is 3.40. The summed E-state index contributed by atoms with van der Waals surface area (Å²) in [5.41, 5.74) is 7.22. The molecular formula is C14H19N3O2. The Morgan fingerprint density at radius 1 is 1.37 bits per heavy atom. The predicted octanol–water partition coefficient (Wildman–Crippen LogP) is 1.17. The van der Waals surface area contributed by atoms with Gasteiger partial charge in [0.15, 0.2) is 0 Å². The molecule has 0 spiro atoms. The number of primary amides is 1. The number of benzene rings is 1. The van der Waals surface area contributed by atoms with Gasteiger partial charge in [0, 0.05) is 11.3 Å². The second-order valence-electron chi connectivity index (χ2n) is 4.89. The highest BCUT2D eigenvalue weighted by Crippen LogP contribution is 2.17. The average Bonchev–Trinajstić information content (AvgIpc) is 2.41. The van der Waals surface area contributed by atoms with Gasteiger partial charge in [0.05, 0.1) is 6.04 Å². The first-order valence-electron chi connectivity index (χ1n) is 6.52. The molecule has 1 aliphatic rings. The fourth-order valence-electron chi connectivity index (χ4n) is 2.25. The standard InChI is InChI=1S/C14H19N3O2/c1-9-8-10(13(15)18)5-6-11(9)17-14(19)12-4-2-3-7-16-12/h5-6,8,12,16H,2-4,7H2,1H3,(H2,15,18)(H,17,19). The van der Waals surface area contributed by atoms with Crippen molar-refractivity contribution in [1.29, 1.82) is 0 Å². The van der Waals surface area contributed by atoms with E-state index < -0.39 is 5.91 Å². The lowest BCUT2D eigenvalue weighted by molar-refractivity contribution is -0.118. The first-order chi connectivity index (χ1) is 9.08. The Morgan fingerprint density at radius 3 is 2.74 bits per heavy atom. The quantitative estimate of drug-likeness (QED) is 0.763. The van der Waals surface area contributed by atoms with Crippen molar-refractivity contribution >= 4 is 17.5 Å². The number of nitrogens with one attached hydrogen (secondary N) is 2. The lowest BCUT2D eigenvalue weighted by atomic mass is 10.0. The highest BCUT2D eigenvalue weighted by molar-refractivity contribution is 5.97. The lowest BCUT2D eigenvalue weighted by Gasteiger charge is -2.23. The third-order valence-corrected chi connectivity index (χ3v) is 3.40. The van der Waals surface area contributed by atoms with Crippen molar-refractivity contribution < 1.29 is 9.59 Å². The van der Waals surface area contributed by atoms with Crippen LogP contribution < -0.4 is 16.4 Å². The van der Waals surface area contributed by atoms with E-state index in [2.05, 4.69) is 10.6 Å². The largest absolute Gasteiger partial charge is 0.366 e. The number of nitrogens with two attached hydrogens (primary N) is 1. The molecule has 0 aromatic heterocycles. The van der Waals surface area contributed by atoms with Crippen LogP contribution in [0.25, 0.3) is 0 Å². The summed E-state index contributed by atoms with van der Waals surface area (Å²) < 4.78 is 0. The fraction of sp³-hybridized carbons (Fsp3) is 0.429. The van der Waals surface area contributed by atoms with Gasteiger partial charge in [-0.3, -0.25) is 9.59 Å². The van der Waals surface area contributed by atoms with E-state index in [0.717, 1.165) is 37.1 Å². The van der Waals surface area contributed by atoms with Gasteiger partial charge in [0.2, 0.25) is 11.8 Å². The zero-order chi connectivity index (χ0) is 13.8. The number of rotatable bonds is 3. The molecule has 1 atom stereocenters. The Kier molecular flexibility index (Phi) is 4.16. The molecule has 1 aliphatic heterocycles. The molecule has 5 heteroatoms. The third kappa shape index (κ3) is 3.32. The second kappa shape index (κ2) is 5.84. The summed E-state index contributed by atoms with van der Waals surface area (Å²) in [6, 6.07) is 4.91. The highest BCUT2D eigenvalue weighted by atomic mass is 16.2. The van der Waals surface area contributed by atoms with Crippen molar-refractivity contribution in [2.24, 2.45) is 5.73 Å². The van der Waals surface area contributed by atoms with Gasteiger partial charge in [-0.25, -0.2) is 0 Å². The zero-order valence-corrected chi connectivity index (χ0v) is 11.0. The molecule has 1 fully saturated rings. The van der Waals surface area contributed by atoms with E-state index >= 15 is 0 Å². The molecular weight excluding hydrogens is 242 g/mol. The van der Waals surface area contributed by atoms with Gasteiger partial charge in [-0.2, -0.15) is 0 Å². The molecule has 1 heterocycles. The molecule has 1 saturated heterocycles. The van der Waals surface area contributed by atoms with Gasteiger partial charge in [0.1, 0.15) is 0 Å². The van der Waals surface area contributed by atoms with Gasteiger partial charge in [-0.05, 0) is 50.1 Å². The van der Waals surface area contributed by atoms with E-state index in [1.807, 2.05) is 6.92 Å². The van der Waals surface area contributed by atoms with Crippen LogP contribution in [0.1, 0.15) is 35.2 Å². The van der Waals surface area contributed by atoms with Crippen molar-refractivity contribution in [2.45, 2.75) is 32.2 Å². The van der Waals surface area contributed by atoms with Gasteiger partial charge in [0.25, 0.3) is 0 Å². The van der Waals surface area contributed by atoms with E-state index in [4.69, 9.17) is 5.73 Å². The molecule has 0 radical (unpaired) electrons. The van der Waals surface area contributed by atoms with Crippen LogP contribution in [0.15, 0.2) is 18.2 Å². The number of piperidine rings is 1. The Hall–Kier alpha value is -1.88. The maximum Gasteiger partial charge on any atom is 0.248 e. The van der Waals surface area contributed by atoms with Crippen molar-refractivity contribution in [1.82, 2.24) is 5.32 Å². The molecule has 1 unspecified atom stereocenters. The SMILES string of the molecule is Cc1cc(C(N)=O)ccc1NC(=O)C1CCCCN1. The topological polar surface area (TPSA) is 84.2 Å². The number of hydrogen-bond donors (Lipinski definition) is 3. The summed E-state index contributed by atoms with van der Waals surface area (Å²) in [6.07, 6.45) is 3.06. The van der Waals surface area contributed by atoms with Gasteiger partial charge in [-0.15, -0.1) is 0 Å². The van der Waals surface area contributed by atoms with Crippen LogP contribution in [0, 0.1) is 6.92 Å². The lowest BCUT2D eigenvalue weighted by Crippen LogP contribution is -2.43. The Labute approximate surface area is 112 Å². The molecule has 1 aromatic carbocycles. The maximum absolute atomic E-state index is 12.1. The minimum atomic E-state index is -0.463. The van der Waals surface area contributed by atoms with E-state index in [1.165, 1.54) is 0 Å². The minimum Gasteiger partial charge on any atom is -0.366 e. The summed E-state index contributed by atoms with van der Waals surface area (Å²) in [4.78, 5) is 23.1. The number of carbonyl (C=O) groups excluding carboxylic acids is 2. The zero-order valence-electron chi connectivity index (χ0n) is 11.0. The van der Waals surface area contributed by atoms with E-state index in [0.29, 0.717) is 5.56 Å². The second-order valence-corrected chi connectivity index (χ2v) is 4.89. The number of aryl methyl sites for hydroxylation is 1. The van der Waals surface area contributed by atoms with E-state index in [-0.39, 0.29) is 11.9 Å². The minimum absolute atomic E-state index is 0.0189. The molecule has 1 aromatic rings. The van der Waals surface area contributed by atoms with Crippen LogP contribution in [-0.2, 0) is 4.79 Å². The molecule has 0 bridgehead atoms. The summed E-state index contributed by atoms with van der Waals surface area (Å²) >= 11 is 0. The molecule has 2 rings (SSSR count). The van der Waals surface area contributed by atoms with Crippen molar-refractivity contribution in [3.05, 3.63) is 29.3 Å². The van der Waals surface area contributed by atoms with E-state index in [9.17, 15) is 9.59 Å². The molecule has 19 heavy (non-hydrogen) atoms. The fourth-order valence-corrected chi connectivity index (χ4v) is 2.25. The molecule has 2 amide bonds. The maximum atomic E-state index is 12.1. The summed E-state index contributed by atoms with van der Waals surface area (Å²) in [5, 5.41) is 6.09. The number of hydrogen-bond acceptors (Lipinski definition) is 3. The van der Waals surface area contributed by atoms with Crippen LogP contribution >= 0.6 is 0 Å². The smallest absolute Gasteiger partial charge is 0.248 e. The number of carbonyl (C=O) groups is 2. The van der Waals surface area contributed by atoms with Crippen LogP contribution in [0.5, 0.6) is 0 Å². The van der Waals surface area contributed by atoms with Crippen molar-refractivity contribution in [3.8, 4) is 0 Å². The van der Waals surface area contributed by atoms with E-state index in [1.54, 1.807) is 18.2 Å². The first-order valence-corrected chi connectivity index (χ1v) is 6.52. The van der Waals surface area contributed by atoms with Crippen LogP contribution in [-0.4, -0.2) is 24.4 Å². The van der Waals surface area contributed by atoms with Gasteiger partial charge < -0.3 is 16.4 Å². The Bertz CT molecular complexity index is 493. The summed E-state index contributed by atoms with van der Waals surface area (Å²) in [6.45, 7) is 2.73. The van der Waals surface area contributed by atoms with Gasteiger partial charge in [-0.1, -0.05) is 6.42 Å². The summed E-state index contributed by atoms with van der Waals surface area (Å²) in [5.74, 6) is -0.482. The molecule has 0 saturated carbocycles. The van der Waals surface area contributed by atoms with Gasteiger partial charge >= 0.3 is 0 Å². The molecule has 102 valence electrons.